The Morgan fingerprint density at radius 1 is 1.10 bits per heavy atom. The largest absolute Gasteiger partial charge is 0.339 e. The summed E-state index contributed by atoms with van der Waals surface area (Å²) in [5.74, 6) is 5.46. The summed E-state index contributed by atoms with van der Waals surface area (Å²) in [6, 6.07) is 0. The fourth-order valence-corrected chi connectivity index (χ4v) is 6.07. The van der Waals surface area contributed by atoms with Gasteiger partial charge in [-0.25, -0.2) is 0 Å². The van der Waals surface area contributed by atoms with Crippen LogP contribution < -0.4 is 5.32 Å². The van der Waals surface area contributed by atoms with Crippen molar-refractivity contribution in [3.8, 4) is 0 Å². The molecule has 1 atom stereocenters. The zero-order valence-electron chi connectivity index (χ0n) is 12.7. The molecule has 0 amide bonds. The molecule has 1 aromatic heterocycles. The summed E-state index contributed by atoms with van der Waals surface area (Å²) in [6.45, 7) is 2.25. The first-order valence-electron chi connectivity index (χ1n) is 8.83. The lowest BCUT2D eigenvalue weighted by molar-refractivity contribution is -0.0103. The van der Waals surface area contributed by atoms with Crippen molar-refractivity contribution in [1.29, 1.82) is 0 Å². The van der Waals surface area contributed by atoms with Crippen LogP contribution in [-0.4, -0.2) is 23.2 Å². The molecule has 0 spiro atoms. The lowest BCUT2D eigenvalue weighted by atomic mass is 9.49. The van der Waals surface area contributed by atoms with Crippen LogP contribution in [0, 0.1) is 23.7 Å². The molecule has 0 aromatic carbocycles. The molecular weight excluding hydrogens is 262 g/mol. The fourth-order valence-electron chi connectivity index (χ4n) is 6.07. The number of hydrogen-bond donors (Lipinski definition) is 1. The summed E-state index contributed by atoms with van der Waals surface area (Å²) >= 11 is 0. The summed E-state index contributed by atoms with van der Waals surface area (Å²) in [5, 5.41) is 7.86. The molecule has 1 N–H and O–H groups in total. The molecular formula is C17H25N3O. The van der Waals surface area contributed by atoms with Crippen molar-refractivity contribution in [2.24, 2.45) is 23.7 Å². The van der Waals surface area contributed by atoms with Gasteiger partial charge in [-0.3, -0.25) is 0 Å². The Morgan fingerprint density at radius 3 is 2.43 bits per heavy atom. The van der Waals surface area contributed by atoms with Gasteiger partial charge in [0.15, 0.2) is 5.82 Å². The van der Waals surface area contributed by atoms with E-state index in [9.17, 15) is 0 Å². The van der Waals surface area contributed by atoms with Crippen LogP contribution in [0.25, 0.3) is 0 Å². The predicted octanol–water partition coefficient (Wildman–Crippen LogP) is 2.69. The topological polar surface area (TPSA) is 51.0 Å². The van der Waals surface area contributed by atoms with Crippen molar-refractivity contribution >= 4 is 0 Å². The van der Waals surface area contributed by atoms with E-state index in [0.717, 1.165) is 49.0 Å². The number of rotatable bonds is 3. The molecule has 4 aliphatic carbocycles. The number of nitrogens with one attached hydrogen (secondary N) is 1. The second-order valence-corrected chi connectivity index (χ2v) is 8.27. The Balaban J connectivity index is 1.39. The van der Waals surface area contributed by atoms with Crippen LogP contribution in [0.3, 0.4) is 0 Å². The first kappa shape index (κ1) is 12.6. The maximum Gasteiger partial charge on any atom is 0.226 e. The van der Waals surface area contributed by atoms with Crippen molar-refractivity contribution in [1.82, 2.24) is 15.5 Å². The maximum absolute atomic E-state index is 5.63. The molecule has 1 unspecified atom stereocenters. The monoisotopic (exact) mass is 287 g/mol. The van der Waals surface area contributed by atoms with E-state index >= 15 is 0 Å². The summed E-state index contributed by atoms with van der Waals surface area (Å²) < 4.78 is 5.63. The minimum atomic E-state index is 0.282. The van der Waals surface area contributed by atoms with Crippen molar-refractivity contribution in [2.75, 3.05) is 13.1 Å². The third-order valence-corrected chi connectivity index (χ3v) is 6.61. The van der Waals surface area contributed by atoms with Crippen molar-refractivity contribution < 1.29 is 4.52 Å². The number of nitrogens with zero attached hydrogens (tertiary/aromatic N) is 2. The average Bonchev–Trinajstić information content (AvgIpc) is 3.09. The fraction of sp³-hybridized carbons (Fsp3) is 0.882. The number of aromatic nitrogens is 2. The highest BCUT2D eigenvalue weighted by Crippen LogP contribution is 2.60. The van der Waals surface area contributed by atoms with Crippen LogP contribution in [-0.2, 0) is 11.8 Å². The lowest BCUT2D eigenvalue weighted by Crippen LogP contribution is -2.49. The third-order valence-electron chi connectivity index (χ3n) is 6.61. The quantitative estimate of drug-likeness (QED) is 0.928. The molecule has 21 heavy (non-hydrogen) atoms. The normalized spacial score (nSPS) is 44.6. The van der Waals surface area contributed by atoms with Crippen LogP contribution in [0.15, 0.2) is 4.52 Å². The van der Waals surface area contributed by atoms with Gasteiger partial charge >= 0.3 is 0 Å². The van der Waals surface area contributed by atoms with Gasteiger partial charge in [0.1, 0.15) is 0 Å². The Kier molecular flexibility index (Phi) is 2.73. The Hall–Kier alpha value is -0.900. The van der Waals surface area contributed by atoms with Crippen molar-refractivity contribution in [3.63, 3.8) is 0 Å². The van der Waals surface area contributed by atoms with Gasteiger partial charge in [-0.1, -0.05) is 5.16 Å². The summed E-state index contributed by atoms with van der Waals surface area (Å²) in [5.41, 5.74) is 0.282. The molecule has 0 radical (unpaired) electrons. The van der Waals surface area contributed by atoms with E-state index in [1.807, 2.05) is 0 Å². The smallest absolute Gasteiger partial charge is 0.226 e. The molecule has 6 rings (SSSR count). The second-order valence-electron chi connectivity index (χ2n) is 8.27. The maximum atomic E-state index is 5.63. The van der Waals surface area contributed by atoms with Gasteiger partial charge in [-0.2, -0.15) is 4.98 Å². The summed E-state index contributed by atoms with van der Waals surface area (Å²) in [4.78, 5) is 4.86. The minimum Gasteiger partial charge on any atom is -0.339 e. The molecule has 1 aromatic rings. The Morgan fingerprint density at radius 2 is 1.81 bits per heavy atom. The van der Waals surface area contributed by atoms with E-state index < -0.39 is 0 Å². The molecule has 5 aliphatic rings. The van der Waals surface area contributed by atoms with Gasteiger partial charge in [-0.05, 0) is 81.7 Å². The van der Waals surface area contributed by atoms with Crippen LogP contribution in [0.5, 0.6) is 0 Å². The molecule has 2 heterocycles. The Labute approximate surface area is 126 Å². The molecule has 1 saturated heterocycles. The third kappa shape index (κ3) is 2.06. The molecule has 4 heteroatoms. The van der Waals surface area contributed by atoms with E-state index in [1.165, 1.54) is 44.9 Å². The molecule has 4 bridgehead atoms. The molecule has 4 nitrogen and oxygen atoms in total. The standard InChI is InChI=1S/C17H25N3O/c1-2-18-10-11(1)6-15-19-16(20-21-15)17-7-12-3-13(8-17)5-14(4-12)9-17/h11-14,18H,1-10H2. The minimum absolute atomic E-state index is 0.282. The molecule has 1 aliphatic heterocycles. The van der Waals surface area contributed by atoms with Crippen LogP contribution in [0.4, 0.5) is 0 Å². The Bertz CT molecular complexity index is 497. The predicted molar refractivity (Wildman–Crippen MR) is 78.8 cm³/mol. The van der Waals surface area contributed by atoms with Crippen molar-refractivity contribution in [3.05, 3.63) is 11.7 Å². The molecule has 5 fully saturated rings. The zero-order valence-corrected chi connectivity index (χ0v) is 12.7. The van der Waals surface area contributed by atoms with Crippen molar-refractivity contribution in [2.45, 2.75) is 56.8 Å². The van der Waals surface area contributed by atoms with Gasteiger partial charge in [0.2, 0.25) is 5.89 Å². The van der Waals surface area contributed by atoms with E-state index in [2.05, 4.69) is 10.5 Å². The highest BCUT2D eigenvalue weighted by molar-refractivity contribution is 5.16. The van der Waals surface area contributed by atoms with Crippen LogP contribution >= 0.6 is 0 Å². The number of hydrogen-bond acceptors (Lipinski definition) is 4. The highest BCUT2D eigenvalue weighted by atomic mass is 16.5. The first-order valence-corrected chi connectivity index (χ1v) is 8.83. The van der Waals surface area contributed by atoms with Gasteiger partial charge in [-0.15, -0.1) is 0 Å². The summed E-state index contributed by atoms with van der Waals surface area (Å²) in [7, 11) is 0. The van der Waals surface area contributed by atoms with E-state index in [0.29, 0.717) is 5.92 Å². The van der Waals surface area contributed by atoms with E-state index in [1.54, 1.807) is 0 Å². The van der Waals surface area contributed by atoms with Gasteiger partial charge < -0.3 is 9.84 Å². The molecule has 114 valence electrons. The zero-order chi connectivity index (χ0) is 13.9. The summed E-state index contributed by atoms with van der Waals surface area (Å²) in [6.07, 6.45) is 10.6. The van der Waals surface area contributed by atoms with Crippen LogP contribution in [0.2, 0.25) is 0 Å². The molecule has 4 saturated carbocycles. The highest BCUT2D eigenvalue weighted by Gasteiger charge is 2.53. The van der Waals surface area contributed by atoms with Gasteiger partial charge in [0, 0.05) is 11.8 Å². The second kappa shape index (κ2) is 4.55. The van der Waals surface area contributed by atoms with E-state index in [-0.39, 0.29) is 5.41 Å². The van der Waals surface area contributed by atoms with Gasteiger partial charge in [0.25, 0.3) is 0 Å². The first-order chi connectivity index (χ1) is 10.3. The van der Waals surface area contributed by atoms with Crippen LogP contribution in [0.1, 0.15) is 56.7 Å². The van der Waals surface area contributed by atoms with E-state index in [4.69, 9.17) is 9.51 Å². The lowest BCUT2D eigenvalue weighted by Gasteiger charge is -2.55. The SMILES string of the molecule is C1CC(Cc2nc(C34CC5CC(CC(C5)C3)C4)no2)CN1. The van der Waals surface area contributed by atoms with Gasteiger partial charge in [0.05, 0.1) is 0 Å². The average molecular weight is 287 g/mol.